The molecule has 0 spiro atoms. The maximum Gasteiger partial charge on any atom is 0.511 e. The lowest BCUT2D eigenvalue weighted by Crippen LogP contribution is -2.33. The number of aromatic nitrogens is 1. The third kappa shape index (κ3) is 2.75. The zero-order valence-electron chi connectivity index (χ0n) is 13.3. The van der Waals surface area contributed by atoms with Gasteiger partial charge in [-0.15, -0.1) is 0 Å². The molecule has 3 N–H and O–H groups in total. The molecule has 25 heavy (non-hydrogen) atoms. The summed E-state index contributed by atoms with van der Waals surface area (Å²) in [6, 6.07) is 11.2. The fourth-order valence-electron chi connectivity index (χ4n) is 3.28. The number of nitrogens with one attached hydrogen (secondary N) is 1. The summed E-state index contributed by atoms with van der Waals surface area (Å²) < 4.78 is 4.79. The van der Waals surface area contributed by atoms with Crippen molar-refractivity contribution in [3.8, 4) is 16.9 Å². The highest BCUT2D eigenvalue weighted by molar-refractivity contribution is 6.34. The van der Waals surface area contributed by atoms with E-state index < -0.39 is 11.8 Å². The third-order valence-electron chi connectivity index (χ3n) is 4.84. The van der Waals surface area contributed by atoms with Crippen molar-refractivity contribution in [2.75, 3.05) is 0 Å². The summed E-state index contributed by atoms with van der Waals surface area (Å²) in [7, 11) is 0. The minimum atomic E-state index is -1.37. The first kappa shape index (κ1) is 16.0. The Morgan fingerprint density at radius 1 is 1.20 bits per heavy atom. The van der Waals surface area contributed by atoms with Gasteiger partial charge in [0.25, 0.3) is 0 Å². The fourth-order valence-corrected chi connectivity index (χ4v) is 3.55. The Bertz CT molecular complexity index is 957. The Balaban J connectivity index is 1.75. The van der Waals surface area contributed by atoms with Gasteiger partial charge >= 0.3 is 6.16 Å². The van der Waals surface area contributed by atoms with Crippen molar-refractivity contribution in [2.45, 2.75) is 24.9 Å². The molecule has 3 aromatic rings. The van der Waals surface area contributed by atoms with Gasteiger partial charge in [-0.25, -0.2) is 4.79 Å². The van der Waals surface area contributed by atoms with Crippen molar-refractivity contribution in [2.24, 2.45) is 0 Å². The van der Waals surface area contributed by atoms with E-state index in [-0.39, 0.29) is 5.75 Å². The zero-order valence-corrected chi connectivity index (χ0v) is 14.0. The second kappa shape index (κ2) is 5.79. The first-order valence-electron chi connectivity index (χ1n) is 8.01. The van der Waals surface area contributed by atoms with Crippen LogP contribution >= 0.6 is 11.6 Å². The fraction of sp³-hybridized carbons (Fsp3) is 0.211. The van der Waals surface area contributed by atoms with Gasteiger partial charge in [-0.3, -0.25) is 0 Å². The van der Waals surface area contributed by atoms with E-state index in [9.17, 15) is 9.90 Å². The van der Waals surface area contributed by atoms with Gasteiger partial charge in [0.05, 0.1) is 16.1 Å². The zero-order chi connectivity index (χ0) is 17.6. The molecule has 128 valence electrons. The molecule has 2 aromatic carbocycles. The number of carbonyl (C=O) groups is 1. The number of aliphatic hydroxyl groups is 1. The topological polar surface area (TPSA) is 82.5 Å². The number of H-pyrrole nitrogens is 1. The van der Waals surface area contributed by atoms with Crippen LogP contribution in [0.25, 0.3) is 22.0 Å². The van der Waals surface area contributed by atoms with Crippen LogP contribution in [0.15, 0.2) is 42.6 Å². The molecule has 0 atom stereocenters. The SMILES string of the molecule is O=C(O)Oc1c[nH]c2cc(Cl)c(-c3ccc(C4(O)CCC4)cc3)cc12. The van der Waals surface area contributed by atoms with Crippen molar-refractivity contribution >= 4 is 28.7 Å². The van der Waals surface area contributed by atoms with Crippen LogP contribution in [-0.2, 0) is 5.60 Å². The van der Waals surface area contributed by atoms with Crippen LogP contribution in [-0.4, -0.2) is 21.4 Å². The van der Waals surface area contributed by atoms with Crippen molar-refractivity contribution in [3.05, 3.63) is 53.2 Å². The quantitative estimate of drug-likeness (QED) is 0.581. The Hall–Kier alpha value is -2.50. The maximum absolute atomic E-state index is 10.8. The molecule has 1 aliphatic carbocycles. The second-order valence-corrected chi connectivity index (χ2v) is 6.77. The summed E-state index contributed by atoms with van der Waals surface area (Å²) >= 11 is 6.39. The van der Waals surface area contributed by atoms with Crippen LogP contribution in [0.4, 0.5) is 4.79 Å². The van der Waals surface area contributed by atoms with E-state index in [0.29, 0.717) is 15.9 Å². The Kier molecular flexibility index (Phi) is 3.71. The number of benzene rings is 2. The van der Waals surface area contributed by atoms with Crippen molar-refractivity contribution in [1.29, 1.82) is 0 Å². The van der Waals surface area contributed by atoms with Gasteiger partial charge in [-0.2, -0.15) is 0 Å². The van der Waals surface area contributed by atoms with Crippen LogP contribution in [0.1, 0.15) is 24.8 Å². The number of rotatable bonds is 3. The number of halogens is 1. The number of aromatic amines is 1. The van der Waals surface area contributed by atoms with E-state index in [1.54, 1.807) is 12.1 Å². The van der Waals surface area contributed by atoms with Crippen LogP contribution in [0, 0.1) is 0 Å². The van der Waals surface area contributed by atoms with Crippen LogP contribution in [0.5, 0.6) is 5.75 Å². The van der Waals surface area contributed by atoms with Crippen LogP contribution in [0.3, 0.4) is 0 Å². The van der Waals surface area contributed by atoms with Gasteiger partial charge in [-0.1, -0.05) is 35.9 Å². The molecule has 1 fully saturated rings. The summed E-state index contributed by atoms with van der Waals surface area (Å²) in [4.78, 5) is 13.8. The first-order chi connectivity index (χ1) is 12.0. The summed E-state index contributed by atoms with van der Waals surface area (Å²) in [5.41, 5.74) is 2.58. The standard InChI is InChI=1S/C19H16ClNO4/c20-15-9-16-14(17(10-21-16)25-18(22)23)8-13(15)11-2-4-12(5-3-11)19(24)6-1-7-19/h2-5,8-10,21,24H,1,6-7H2,(H,22,23). The molecule has 1 saturated carbocycles. The summed E-state index contributed by atoms with van der Waals surface area (Å²) in [6.45, 7) is 0. The van der Waals surface area contributed by atoms with E-state index in [0.717, 1.165) is 36.0 Å². The third-order valence-corrected chi connectivity index (χ3v) is 5.16. The molecular weight excluding hydrogens is 342 g/mol. The average Bonchev–Trinajstić information content (AvgIpc) is 2.93. The lowest BCUT2D eigenvalue weighted by Gasteiger charge is -2.37. The van der Waals surface area contributed by atoms with E-state index >= 15 is 0 Å². The number of ether oxygens (including phenoxy) is 1. The summed E-state index contributed by atoms with van der Waals surface area (Å²) in [6.07, 6.45) is 2.75. The second-order valence-electron chi connectivity index (χ2n) is 6.36. The van der Waals surface area contributed by atoms with E-state index in [1.165, 1.54) is 6.20 Å². The van der Waals surface area contributed by atoms with Gasteiger partial charge in [0.1, 0.15) is 0 Å². The monoisotopic (exact) mass is 357 g/mol. The minimum absolute atomic E-state index is 0.237. The number of carboxylic acid groups (broad SMARTS) is 1. The molecule has 1 heterocycles. The first-order valence-corrected chi connectivity index (χ1v) is 8.39. The average molecular weight is 358 g/mol. The molecule has 0 aliphatic heterocycles. The Labute approximate surface area is 148 Å². The van der Waals surface area contributed by atoms with E-state index in [1.807, 2.05) is 24.3 Å². The highest BCUT2D eigenvalue weighted by atomic mass is 35.5. The molecule has 5 nitrogen and oxygen atoms in total. The van der Waals surface area contributed by atoms with Crippen molar-refractivity contribution < 1.29 is 19.7 Å². The molecule has 4 rings (SSSR count). The predicted molar refractivity (Wildman–Crippen MR) is 95.1 cm³/mol. The lowest BCUT2D eigenvalue weighted by molar-refractivity contribution is -0.0387. The number of hydrogen-bond donors (Lipinski definition) is 3. The molecule has 0 bridgehead atoms. The summed E-state index contributed by atoms with van der Waals surface area (Å²) in [5.74, 6) is 0.237. The molecule has 0 saturated heterocycles. The van der Waals surface area contributed by atoms with E-state index in [2.05, 4.69) is 4.98 Å². The summed E-state index contributed by atoms with van der Waals surface area (Å²) in [5, 5.41) is 20.5. The Morgan fingerprint density at radius 2 is 1.92 bits per heavy atom. The van der Waals surface area contributed by atoms with Gasteiger partial charge in [0.2, 0.25) is 0 Å². The van der Waals surface area contributed by atoms with Crippen LogP contribution in [0.2, 0.25) is 5.02 Å². The molecular formula is C19H16ClNO4. The lowest BCUT2D eigenvalue weighted by atomic mass is 9.75. The van der Waals surface area contributed by atoms with Gasteiger partial charge < -0.3 is 19.9 Å². The molecule has 0 radical (unpaired) electrons. The maximum atomic E-state index is 10.8. The minimum Gasteiger partial charge on any atom is -0.449 e. The van der Waals surface area contributed by atoms with Gasteiger partial charge in [0, 0.05) is 17.1 Å². The molecule has 0 unspecified atom stereocenters. The van der Waals surface area contributed by atoms with E-state index in [4.69, 9.17) is 21.4 Å². The van der Waals surface area contributed by atoms with Gasteiger partial charge in [-0.05, 0) is 42.5 Å². The number of fused-ring (bicyclic) bond motifs is 1. The molecule has 1 aromatic heterocycles. The largest absolute Gasteiger partial charge is 0.511 e. The van der Waals surface area contributed by atoms with Crippen LogP contribution < -0.4 is 4.74 Å². The molecule has 0 amide bonds. The number of hydrogen-bond acceptors (Lipinski definition) is 3. The van der Waals surface area contributed by atoms with Crippen molar-refractivity contribution in [3.63, 3.8) is 0 Å². The smallest absolute Gasteiger partial charge is 0.449 e. The highest BCUT2D eigenvalue weighted by Gasteiger charge is 2.35. The highest BCUT2D eigenvalue weighted by Crippen LogP contribution is 2.42. The molecule has 1 aliphatic rings. The predicted octanol–water partition coefficient (Wildman–Crippen LogP) is 4.92. The van der Waals surface area contributed by atoms with Gasteiger partial charge in [0.15, 0.2) is 5.75 Å². The Morgan fingerprint density at radius 3 is 2.52 bits per heavy atom. The normalized spacial score (nSPS) is 15.8. The van der Waals surface area contributed by atoms with Crippen molar-refractivity contribution in [1.82, 2.24) is 4.98 Å². The molecule has 6 heteroatoms.